The lowest BCUT2D eigenvalue weighted by Crippen LogP contribution is -2.49. The predicted molar refractivity (Wildman–Crippen MR) is 118 cm³/mol. The topological polar surface area (TPSA) is 36.8 Å². The summed E-state index contributed by atoms with van der Waals surface area (Å²) in [6.45, 7) is 7.97. The lowest BCUT2D eigenvalue weighted by molar-refractivity contribution is 0.172. The zero-order chi connectivity index (χ0) is 19.1. The Morgan fingerprint density at radius 3 is 2.63 bits per heavy atom. The molecule has 27 heavy (non-hydrogen) atoms. The van der Waals surface area contributed by atoms with Crippen molar-refractivity contribution in [2.75, 3.05) is 6.54 Å². The van der Waals surface area contributed by atoms with E-state index < -0.39 is 0 Å². The number of nitrogens with zero attached hydrogens (tertiary/aromatic N) is 2. The minimum atomic E-state index is 0.448. The number of hydrogen-bond donors (Lipinski definition) is 1. The Bertz CT molecular complexity index is 492. The highest BCUT2D eigenvalue weighted by Gasteiger charge is 2.35. The molecule has 1 aliphatic heterocycles. The Hall–Kier alpha value is -0.860. The van der Waals surface area contributed by atoms with Crippen LogP contribution in [0.5, 0.6) is 0 Å². The third-order valence-electron chi connectivity index (χ3n) is 7.52. The number of nitrogens with one attached hydrogen (secondary N) is 1. The summed E-state index contributed by atoms with van der Waals surface area (Å²) in [7, 11) is 0. The molecular formula is C24H43N3. The second kappa shape index (κ2) is 10.6. The van der Waals surface area contributed by atoms with Crippen LogP contribution in [0, 0.1) is 23.7 Å². The van der Waals surface area contributed by atoms with Crippen molar-refractivity contribution in [2.24, 2.45) is 33.7 Å². The lowest BCUT2D eigenvalue weighted by atomic mass is 9.72. The van der Waals surface area contributed by atoms with Gasteiger partial charge in [0.25, 0.3) is 0 Å². The summed E-state index contributed by atoms with van der Waals surface area (Å²) in [4.78, 5) is 9.73. The van der Waals surface area contributed by atoms with Crippen molar-refractivity contribution < 1.29 is 0 Å². The van der Waals surface area contributed by atoms with Crippen molar-refractivity contribution >= 4 is 12.1 Å². The molecule has 5 atom stereocenters. The maximum absolute atomic E-state index is 4.96. The van der Waals surface area contributed by atoms with Gasteiger partial charge in [-0.25, -0.2) is 0 Å². The average molecular weight is 374 g/mol. The fourth-order valence-corrected chi connectivity index (χ4v) is 5.90. The molecule has 5 unspecified atom stereocenters. The largest absolute Gasteiger partial charge is 0.371 e. The van der Waals surface area contributed by atoms with Crippen LogP contribution in [-0.2, 0) is 0 Å². The van der Waals surface area contributed by atoms with Gasteiger partial charge in [0.1, 0.15) is 0 Å². The molecule has 2 saturated carbocycles. The van der Waals surface area contributed by atoms with Crippen LogP contribution in [0.4, 0.5) is 0 Å². The van der Waals surface area contributed by atoms with Crippen LogP contribution in [0.3, 0.4) is 0 Å². The van der Waals surface area contributed by atoms with E-state index in [9.17, 15) is 0 Å². The van der Waals surface area contributed by atoms with Crippen LogP contribution < -0.4 is 5.32 Å². The molecule has 1 N–H and O–H groups in total. The Labute approximate surface area is 167 Å². The maximum Gasteiger partial charge on any atom is 0.0933 e. The highest BCUT2D eigenvalue weighted by Crippen LogP contribution is 2.36. The average Bonchev–Trinajstić information content (AvgIpc) is 2.68. The molecular weight excluding hydrogens is 330 g/mol. The zero-order valence-corrected chi connectivity index (χ0v) is 18.1. The molecule has 0 amide bonds. The normalized spacial score (nSPS) is 34.4. The molecule has 0 aromatic heterocycles. The Morgan fingerprint density at radius 2 is 1.89 bits per heavy atom. The monoisotopic (exact) mass is 373 g/mol. The Balaban J connectivity index is 1.59. The molecule has 154 valence electrons. The first-order valence-corrected chi connectivity index (χ1v) is 11.9. The Morgan fingerprint density at radius 1 is 1.07 bits per heavy atom. The summed E-state index contributed by atoms with van der Waals surface area (Å²) < 4.78 is 0. The molecule has 0 aromatic carbocycles. The number of aliphatic imine (C=N–C) groups is 2. The van der Waals surface area contributed by atoms with E-state index >= 15 is 0 Å². The van der Waals surface area contributed by atoms with Gasteiger partial charge in [-0.05, 0) is 69.9 Å². The van der Waals surface area contributed by atoms with Gasteiger partial charge in [0.05, 0.1) is 11.9 Å². The van der Waals surface area contributed by atoms with Crippen LogP contribution in [0.1, 0.15) is 97.8 Å². The van der Waals surface area contributed by atoms with E-state index in [1.54, 1.807) is 0 Å². The first kappa shape index (κ1) is 20.9. The highest BCUT2D eigenvalue weighted by atomic mass is 15.0. The van der Waals surface area contributed by atoms with E-state index in [0.717, 1.165) is 30.7 Å². The van der Waals surface area contributed by atoms with Crippen LogP contribution in [0.15, 0.2) is 9.98 Å². The fourth-order valence-electron chi connectivity index (χ4n) is 5.90. The second-order valence-electron chi connectivity index (χ2n) is 9.78. The zero-order valence-electron chi connectivity index (χ0n) is 18.1. The SMILES string of the molecule is CC(=NCCC1CCCCC1)NC(C1CCCC(C)C1)C1CCC=NC1C. The first-order chi connectivity index (χ1) is 13.1. The van der Waals surface area contributed by atoms with Gasteiger partial charge in [-0.15, -0.1) is 0 Å². The molecule has 2 fully saturated rings. The number of rotatable bonds is 6. The second-order valence-corrected chi connectivity index (χ2v) is 9.78. The molecule has 0 spiro atoms. The van der Waals surface area contributed by atoms with Gasteiger partial charge >= 0.3 is 0 Å². The van der Waals surface area contributed by atoms with E-state index in [1.807, 2.05) is 0 Å². The first-order valence-electron chi connectivity index (χ1n) is 11.9. The van der Waals surface area contributed by atoms with Crippen molar-refractivity contribution in [1.82, 2.24) is 5.32 Å². The Kier molecular flexibility index (Phi) is 8.21. The molecule has 3 nitrogen and oxygen atoms in total. The summed E-state index contributed by atoms with van der Waals surface area (Å²) in [5, 5.41) is 3.92. The summed E-state index contributed by atoms with van der Waals surface area (Å²) in [5.74, 6) is 4.43. The van der Waals surface area contributed by atoms with Gasteiger partial charge in [0.15, 0.2) is 0 Å². The molecule has 3 heteroatoms. The van der Waals surface area contributed by atoms with E-state index in [2.05, 4.69) is 32.3 Å². The quantitative estimate of drug-likeness (QED) is 0.448. The van der Waals surface area contributed by atoms with Crippen LogP contribution >= 0.6 is 0 Å². The van der Waals surface area contributed by atoms with Crippen LogP contribution in [0.25, 0.3) is 0 Å². The van der Waals surface area contributed by atoms with Gasteiger partial charge in [0.2, 0.25) is 0 Å². The van der Waals surface area contributed by atoms with Crippen molar-refractivity contribution in [2.45, 2.75) is 110 Å². The van der Waals surface area contributed by atoms with Crippen molar-refractivity contribution in [1.29, 1.82) is 0 Å². The predicted octanol–water partition coefficient (Wildman–Crippen LogP) is 6.03. The summed E-state index contributed by atoms with van der Waals surface area (Å²) >= 11 is 0. The third kappa shape index (κ3) is 6.32. The molecule has 3 aliphatic rings. The van der Waals surface area contributed by atoms with Gasteiger partial charge in [-0.2, -0.15) is 0 Å². The van der Waals surface area contributed by atoms with E-state index in [1.165, 1.54) is 76.5 Å². The molecule has 0 radical (unpaired) electrons. The molecule has 0 aromatic rings. The van der Waals surface area contributed by atoms with Crippen molar-refractivity contribution in [3.63, 3.8) is 0 Å². The van der Waals surface area contributed by atoms with E-state index in [0.29, 0.717) is 18.0 Å². The molecule has 2 aliphatic carbocycles. The van der Waals surface area contributed by atoms with Gasteiger partial charge in [-0.1, -0.05) is 51.9 Å². The van der Waals surface area contributed by atoms with Gasteiger partial charge in [-0.3, -0.25) is 9.98 Å². The van der Waals surface area contributed by atoms with E-state index in [4.69, 9.17) is 9.98 Å². The molecule has 1 heterocycles. The minimum Gasteiger partial charge on any atom is -0.371 e. The lowest BCUT2D eigenvalue weighted by Gasteiger charge is -2.41. The summed E-state index contributed by atoms with van der Waals surface area (Å²) in [5.41, 5.74) is 0. The third-order valence-corrected chi connectivity index (χ3v) is 7.52. The number of hydrogen-bond acceptors (Lipinski definition) is 2. The number of amidine groups is 1. The maximum atomic E-state index is 4.96. The molecule has 0 saturated heterocycles. The van der Waals surface area contributed by atoms with Crippen LogP contribution in [-0.4, -0.2) is 30.7 Å². The fraction of sp³-hybridized carbons (Fsp3) is 0.917. The van der Waals surface area contributed by atoms with Crippen molar-refractivity contribution in [3.05, 3.63) is 0 Å². The standard InChI is InChI=1S/C24H43N3/c1-18-9-7-12-22(17-18)24(23-13-8-15-25-19(23)2)27-20(3)26-16-14-21-10-5-4-6-11-21/h15,18-19,21-24H,4-14,16-17H2,1-3H3,(H,26,27). The van der Waals surface area contributed by atoms with Gasteiger partial charge in [0, 0.05) is 18.5 Å². The smallest absolute Gasteiger partial charge is 0.0933 e. The molecule has 0 bridgehead atoms. The van der Waals surface area contributed by atoms with Crippen LogP contribution in [0.2, 0.25) is 0 Å². The van der Waals surface area contributed by atoms with Crippen molar-refractivity contribution in [3.8, 4) is 0 Å². The summed E-state index contributed by atoms with van der Waals surface area (Å²) in [6.07, 6.45) is 18.6. The van der Waals surface area contributed by atoms with Gasteiger partial charge < -0.3 is 5.32 Å². The minimum absolute atomic E-state index is 0.448. The summed E-state index contributed by atoms with van der Waals surface area (Å²) in [6, 6.07) is 1.00. The van der Waals surface area contributed by atoms with E-state index in [-0.39, 0.29) is 0 Å². The molecule has 3 rings (SSSR count). The highest BCUT2D eigenvalue weighted by molar-refractivity contribution is 5.79.